The SMILES string of the molecule is CC(C)c1c(C#N)c(N)nc2sc(C(=O)N(c3ccccc3)c3ccccc3)c(N)c12. The summed E-state index contributed by atoms with van der Waals surface area (Å²) in [7, 11) is 0. The third-order valence-corrected chi connectivity index (χ3v) is 6.15. The highest BCUT2D eigenvalue weighted by Gasteiger charge is 2.28. The Morgan fingerprint density at radius 2 is 1.58 bits per heavy atom. The van der Waals surface area contributed by atoms with Gasteiger partial charge in [-0.15, -0.1) is 11.3 Å². The van der Waals surface area contributed by atoms with Gasteiger partial charge in [0.15, 0.2) is 0 Å². The van der Waals surface area contributed by atoms with Gasteiger partial charge in [-0.2, -0.15) is 5.26 Å². The number of anilines is 4. The van der Waals surface area contributed by atoms with Crippen LogP contribution >= 0.6 is 11.3 Å². The molecule has 1 amide bonds. The number of aromatic nitrogens is 1. The van der Waals surface area contributed by atoms with Crippen LogP contribution in [0.4, 0.5) is 22.9 Å². The molecule has 2 aromatic heterocycles. The monoisotopic (exact) mass is 427 g/mol. The van der Waals surface area contributed by atoms with Crippen LogP contribution in [0.15, 0.2) is 60.7 Å². The number of nitrogen functional groups attached to an aromatic ring is 2. The van der Waals surface area contributed by atoms with E-state index in [4.69, 9.17) is 11.5 Å². The summed E-state index contributed by atoms with van der Waals surface area (Å²) in [6, 6.07) is 21.0. The fraction of sp³-hybridized carbons (Fsp3) is 0.125. The molecule has 0 saturated carbocycles. The fourth-order valence-electron chi connectivity index (χ4n) is 3.69. The Bertz CT molecular complexity index is 1270. The standard InChI is InChI=1S/C24H21N5OS/c1-14(2)18-17(13-25)22(27)28-23-19(18)20(26)21(31-23)24(30)29(15-9-5-3-6-10-15)16-11-7-4-8-12-16/h3-12,14H,26H2,1-2H3,(H2,27,28). The fourth-order valence-corrected chi connectivity index (χ4v) is 4.74. The maximum atomic E-state index is 13.8. The minimum Gasteiger partial charge on any atom is -0.397 e. The number of hydrogen-bond acceptors (Lipinski definition) is 6. The molecule has 0 saturated heterocycles. The molecule has 4 rings (SSSR count). The van der Waals surface area contributed by atoms with E-state index in [1.54, 1.807) is 4.90 Å². The molecule has 0 fully saturated rings. The number of para-hydroxylation sites is 2. The van der Waals surface area contributed by atoms with Crippen LogP contribution in [0.5, 0.6) is 0 Å². The van der Waals surface area contributed by atoms with Crippen molar-refractivity contribution in [1.29, 1.82) is 5.26 Å². The lowest BCUT2D eigenvalue weighted by atomic mass is 9.95. The van der Waals surface area contributed by atoms with E-state index in [1.165, 1.54) is 11.3 Å². The zero-order valence-corrected chi connectivity index (χ0v) is 18.0. The van der Waals surface area contributed by atoms with E-state index < -0.39 is 0 Å². The molecule has 4 aromatic rings. The summed E-state index contributed by atoms with van der Waals surface area (Å²) in [5.41, 5.74) is 15.4. The average molecular weight is 428 g/mol. The van der Waals surface area contributed by atoms with Gasteiger partial charge in [-0.3, -0.25) is 9.69 Å². The van der Waals surface area contributed by atoms with Crippen molar-refractivity contribution in [3.05, 3.63) is 76.7 Å². The molecule has 0 atom stereocenters. The van der Waals surface area contributed by atoms with Gasteiger partial charge in [0.25, 0.3) is 5.91 Å². The summed E-state index contributed by atoms with van der Waals surface area (Å²) < 4.78 is 0. The Kier molecular flexibility index (Phi) is 5.32. The van der Waals surface area contributed by atoms with E-state index in [9.17, 15) is 10.1 Å². The maximum absolute atomic E-state index is 13.8. The van der Waals surface area contributed by atoms with Gasteiger partial charge >= 0.3 is 0 Å². The van der Waals surface area contributed by atoms with Gasteiger partial charge in [0.2, 0.25) is 0 Å². The largest absolute Gasteiger partial charge is 0.397 e. The van der Waals surface area contributed by atoms with Crippen LogP contribution < -0.4 is 16.4 Å². The van der Waals surface area contributed by atoms with Crippen LogP contribution in [0.3, 0.4) is 0 Å². The first kappa shape index (κ1) is 20.4. The smallest absolute Gasteiger partial charge is 0.275 e. The van der Waals surface area contributed by atoms with Gasteiger partial charge in [-0.05, 0) is 35.7 Å². The predicted octanol–water partition coefficient (Wildman–Crippen LogP) is 5.43. The van der Waals surface area contributed by atoms with Gasteiger partial charge in [0, 0.05) is 16.8 Å². The molecule has 154 valence electrons. The molecule has 6 nitrogen and oxygen atoms in total. The van der Waals surface area contributed by atoms with Crippen LogP contribution in [0.2, 0.25) is 0 Å². The third kappa shape index (κ3) is 3.47. The van der Waals surface area contributed by atoms with E-state index >= 15 is 0 Å². The maximum Gasteiger partial charge on any atom is 0.275 e. The van der Waals surface area contributed by atoms with Gasteiger partial charge in [-0.25, -0.2) is 4.98 Å². The Balaban J connectivity index is 1.95. The number of amides is 1. The van der Waals surface area contributed by atoms with Gasteiger partial charge in [-0.1, -0.05) is 50.2 Å². The highest BCUT2D eigenvalue weighted by molar-refractivity contribution is 7.21. The van der Waals surface area contributed by atoms with Crippen molar-refractivity contribution in [2.45, 2.75) is 19.8 Å². The van der Waals surface area contributed by atoms with Crippen LogP contribution in [0, 0.1) is 11.3 Å². The van der Waals surface area contributed by atoms with Gasteiger partial charge < -0.3 is 11.5 Å². The number of carbonyl (C=O) groups is 1. The number of benzene rings is 2. The highest BCUT2D eigenvalue weighted by Crippen LogP contribution is 2.42. The molecular formula is C24H21N5OS. The molecule has 0 radical (unpaired) electrons. The molecule has 4 N–H and O–H groups in total. The number of carbonyl (C=O) groups excluding carboxylic acids is 1. The predicted molar refractivity (Wildman–Crippen MR) is 127 cm³/mol. The summed E-state index contributed by atoms with van der Waals surface area (Å²) in [6.07, 6.45) is 0. The number of nitriles is 1. The van der Waals surface area contributed by atoms with E-state index in [-0.39, 0.29) is 17.6 Å². The molecule has 2 aromatic carbocycles. The molecule has 0 aliphatic heterocycles. The molecule has 0 spiro atoms. The van der Waals surface area contributed by atoms with Crippen LogP contribution in [-0.4, -0.2) is 10.9 Å². The number of hydrogen-bond donors (Lipinski definition) is 2. The van der Waals surface area contributed by atoms with E-state index in [1.807, 2.05) is 74.5 Å². The van der Waals surface area contributed by atoms with Crippen molar-refractivity contribution in [2.24, 2.45) is 0 Å². The van der Waals surface area contributed by atoms with Crippen molar-refractivity contribution in [3.63, 3.8) is 0 Å². The lowest BCUT2D eigenvalue weighted by molar-refractivity contribution is 0.100. The third-order valence-electron chi connectivity index (χ3n) is 5.06. The van der Waals surface area contributed by atoms with E-state index in [2.05, 4.69) is 11.1 Å². The first-order valence-corrected chi connectivity index (χ1v) is 10.6. The lowest BCUT2D eigenvalue weighted by Crippen LogP contribution is -2.25. The lowest BCUT2D eigenvalue weighted by Gasteiger charge is -2.22. The summed E-state index contributed by atoms with van der Waals surface area (Å²) in [4.78, 5) is 20.7. The number of nitrogens with zero attached hydrogens (tertiary/aromatic N) is 3. The molecule has 7 heteroatoms. The summed E-state index contributed by atoms with van der Waals surface area (Å²) in [5.74, 6) is -0.117. The molecule has 0 aliphatic rings. The van der Waals surface area contributed by atoms with Gasteiger partial charge in [0.05, 0.1) is 11.3 Å². The summed E-state index contributed by atoms with van der Waals surface area (Å²) in [5, 5.41) is 10.3. The summed E-state index contributed by atoms with van der Waals surface area (Å²) in [6.45, 7) is 3.93. The number of thiophene rings is 1. The summed E-state index contributed by atoms with van der Waals surface area (Å²) >= 11 is 1.20. The van der Waals surface area contributed by atoms with Crippen LogP contribution in [-0.2, 0) is 0 Å². The number of rotatable bonds is 4. The Morgan fingerprint density at radius 1 is 1.03 bits per heavy atom. The minimum absolute atomic E-state index is 0.0124. The average Bonchev–Trinajstić information content (AvgIpc) is 3.10. The van der Waals surface area contributed by atoms with Crippen molar-refractivity contribution in [2.75, 3.05) is 16.4 Å². The highest BCUT2D eigenvalue weighted by atomic mass is 32.1. The molecule has 0 aliphatic carbocycles. The molecule has 0 unspecified atom stereocenters. The zero-order chi connectivity index (χ0) is 22.1. The molecule has 0 bridgehead atoms. The number of pyridine rings is 1. The number of nitrogens with two attached hydrogens (primary N) is 2. The van der Waals surface area contributed by atoms with Crippen molar-refractivity contribution in [3.8, 4) is 6.07 Å². The number of fused-ring (bicyclic) bond motifs is 1. The molecular weight excluding hydrogens is 406 g/mol. The first-order chi connectivity index (χ1) is 14.9. The molecule has 2 heterocycles. The quantitative estimate of drug-likeness (QED) is 0.451. The van der Waals surface area contributed by atoms with Crippen molar-refractivity contribution >= 4 is 50.3 Å². The second-order valence-corrected chi connectivity index (χ2v) is 8.39. The first-order valence-electron chi connectivity index (χ1n) is 9.80. The van der Waals surface area contributed by atoms with E-state index in [0.717, 1.165) is 16.9 Å². The Labute approximate surface area is 184 Å². The minimum atomic E-state index is -0.260. The normalized spacial score (nSPS) is 10.9. The second-order valence-electron chi connectivity index (χ2n) is 7.39. The van der Waals surface area contributed by atoms with Crippen LogP contribution in [0.1, 0.15) is 40.6 Å². The topological polar surface area (TPSA) is 109 Å². The zero-order valence-electron chi connectivity index (χ0n) is 17.2. The second kappa shape index (κ2) is 8.09. The van der Waals surface area contributed by atoms with Gasteiger partial charge in [0.1, 0.15) is 21.6 Å². The Hall–Kier alpha value is -3.89. The van der Waals surface area contributed by atoms with Crippen LogP contribution in [0.25, 0.3) is 10.2 Å². The van der Waals surface area contributed by atoms with Crippen molar-refractivity contribution < 1.29 is 4.79 Å². The van der Waals surface area contributed by atoms with Crippen molar-refractivity contribution in [1.82, 2.24) is 4.98 Å². The Morgan fingerprint density at radius 3 is 2.06 bits per heavy atom. The van der Waals surface area contributed by atoms with E-state index in [0.29, 0.717) is 26.3 Å². The molecule has 31 heavy (non-hydrogen) atoms.